The van der Waals surface area contributed by atoms with Crippen molar-refractivity contribution >= 4 is 5.78 Å². The van der Waals surface area contributed by atoms with Crippen molar-refractivity contribution < 1.29 is 4.79 Å². The maximum atomic E-state index is 11.4. The molecule has 0 saturated heterocycles. The Morgan fingerprint density at radius 2 is 2.15 bits per heavy atom. The molecule has 0 bridgehead atoms. The Kier molecular flexibility index (Phi) is 7.02. The van der Waals surface area contributed by atoms with E-state index in [4.69, 9.17) is 5.53 Å². The fourth-order valence-electron chi connectivity index (χ4n) is 1.14. The van der Waals surface area contributed by atoms with Gasteiger partial charge in [0, 0.05) is 11.3 Å². The lowest BCUT2D eigenvalue weighted by Gasteiger charge is -2.07. The first-order chi connectivity index (χ1) is 6.26. The Morgan fingerprint density at radius 3 is 2.62 bits per heavy atom. The summed E-state index contributed by atoms with van der Waals surface area (Å²) in [5, 5.41) is 3.50. The highest BCUT2D eigenvalue weighted by molar-refractivity contribution is 5.84. The summed E-state index contributed by atoms with van der Waals surface area (Å²) in [5.74, 6) is 0.0847. The first-order valence-corrected chi connectivity index (χ1v) is 4.83. The molecule has 1 atom stereocenters. The Labute approximate surface area is 79.0 Å². The van der Waals surface area contributed by atoms with E-state index in [2.05, 4.69) is 10.0 Å². The van der Waals surface area contributed by atoms with E-state index < -0.39 is 6.04 Å². The first kappa shape index (κ1) is 12.0. The monoisotopic (exact) mass is 183 g/mol. The lowest BCUT2D eigenvalue weighted by Crippen LogP contribution is -2.17. The van der Waals surface area contributed by atoms with Gasteiger partial charge in [-0.3, -0.25) is 4.79 Å². The van der Waals surface area contributed by atoms with Crippen LogP contribution in [0.4, 0.5) is 0 Å². The second-order valence-electron chi connectivity index (χ2n) is 3.08. The summed E-state index contributed by atoms with van der Waals surface area (Å²) in [5.41, 5.74) is 8.24. The number of unbranched alkanes of at least 4 members (excludes halogenated alkanes) is 1. The average molecular weight is 183 g/mol. The van der Waals surface area contributed by atoms with E-state index in [1.165, 1.54) is 0 Å². The Bertz CT molecular complexity index is 197. The molecular weight excluding hydrogens is 166 g/mol. The van der Waals surface area contributed by atoms with Crippen molar-refractivity contribution in [3.8, 4) is 0 Å². The first-order valence-electron chi connectivity index (χ1n) is 4.83. The average Bonchev–Trinajstić information content (AvgIpc) is 2.14. The minimum absolute atomic E-state index is 0.0847. The molecule has 0 heterocycles. The quantitative estimate of drug-likeness (QED) is 0.339. The molecule has 4 nitrogen and oxygen atoms in total. The largest absolute Gasteiger partial charge is 0.299 e. The van der Waals surface area contributed by atoms with Crippen LogP contribution in [0, 0.1) is 0 Å². The third-order valence-corrected chi connectivity index (χ3v) is 1.90. The van der Waals surface area contributed by atoms with Gasteiger partial charge in [0.25, 0.3) is 0 Å². The van der Waals surface area contributed by atoms with E-state index in [0.717, 1.165) is 19.3 Å². The maximum Gasteiger partial charge on any atom is 0.141 e. The van der Waals surface area contributed by atoms with Crippen molar-refractivity contribution in [1.82, 2.24) is 0 Å². The van der Waals surface area contributed by atoms with Crippen molar-refractivity contribution in [2.75, 3.05) is 0 Å². The molecule has 74 valence electrons. The zero-order valence-corrected chi connectivity index (χ0v) is 8.36. The van der Waals surface area contributed by atoms with Gasteiger partial charge in [-0.25, -0.2) is 0 Å². The fourth-order valence-corrected chi connectivity index (χ4v) is 1.14. The summed E-state index contributed by atoms with van der Waals surface area (Å²) >= 11 is 0. The molecule has 0 radical (unpaired) electrons. The Hall–Kier alpha value is -1.02. The van der Waals surface area contributed by atoms with Crippen LogP contribution in [0.1, 0.15) is 46.0 Å². The van der Waals surface area contributed by atoms with Gasteiger partial charge in [-0.2, -0.15) is 0 Å². The lowest BCUT2D eigenvalue weighted by atomic mass is 10.0. The van der Waals surface area contributed by atoms with Gasteiger partial charge < -0.3 is 0 Å². The molecule has 0 amide bonds. The highest BCUT2D eigenvalue weighted by Gasteiger charge is 2.14. The SMILES string of the molecule is CCCCC(=O)[C@H](CCC)N=[N+]=[N-]. The molecule has 0 aromatic carbocycles. The van der Waals surface area contributed by atoms with Gasteiger partial charge in [0.05, 0.1) is 6.04 Å². The molecule has 0 N–H and O–H groups in total. The second-order valence-corrected chi connectivity index (χ2v) is 3.08. The predicted molar refractivity (Wildman–Crippen MR) is 52.4 cm³/mol. The summed E-state index contributed by atoms with van der Waals surface area (Å²) < 4.78 is 0. The number of nitrogens with zero attached hydrogens (tertiary/aromatic N) is 3. The van der Waals surface area contributed by atoms with Crippen LogP contribution in [-0.4, -0.2) is 11.8 Å². The molecule has 0 aromatic rings. The molecule has 0 spiro atoms. The number of hydrogen-bond acceptors (Lipinski definition) is 2. The Balaban J connectivity index is 4.02. The molecule has 0 aliphatic heterocycles. The molecule has 0 aliphatic carbocycles. The van der Waals surface area contributed by atoms with Crippen LogP contribution in [0.2, 0.25) is 0 Å². The molecule has 0 saturated carbocycles. The third-order valence-electron chi connectivity index (χ3n) is 1.90. The van der Waals surface area contributed by atoms with Crippen LogP contribution in [0.5, 0.6) is 0 Å². The van der Waals surface area contributed by atoms with Gasteiger partial charge >= 0.3 is 0 Å². The van der Waals surface area contributed by atoms with Crippen LogP contribution < -0.4 is 0 Å². The molecular formula is C9H17N3O. The molecule has 0 aliphatic rings. The van der Waals surface area contributed by atoms with E-state index in [0.29, 0.717) is 12.8 Å². The van der Waals surface area contributed by atoms with Gasteiger partial charge in [0.2, 0.25) is 0 Å². The number of ketones is 1. The van der Waals surface area contributed by atoms with Crippen molar-refractivity contribution in [2.45, 2.75) is 52.0 Å². The standard InChI is InChI=1S/C9H17N3O/c1-3-5-7-9(13)8(6-4-2)11-12-10/h8H,3-7H2,1-2H3/t8-/m0/s1. The fraction of sp³-hybridized carbons (Fsp3) is 0.889. The van der Waals surface area contributed by atoms with Gasteiger partial charge in [0.15, 0.2) is 0 Å². The van der Waals surface area contributed by atoms with Gasteiger partial charge in [-0.1, -0.05) is 31.8 Å². The van der Waals surface area contributed by atoms with Gasteiger partial charge in [0.1, 0.15) is 5.78 Å². The van der Waals surface area contributed by atoms with E-state index in [1.807, 2.05) is 13.8 Å². The van der Waals surface area contributed by atoms with Crippen LogP contribution in [0.25, 0.3) is 10.4 Å². The number of hydrogen-bond donors (Lipinski definition) is 0. The van der Waals surface area contributed by atoms with Gasteiger partial charge in [-0.05, 0) is 18.4 Å². The number of carbonyl (C=O) groups excluding carboxylic acids is 1. The van der Waals surface area contributed by atoms with Crippen LogP contribution in [0.3, 0.4) is 0 Å². The van der Waals surface area contributed by atoms with Crippen molar-refractivity contribution in [3.05, 3.63) is 10.4 Å². The molecule has 0 fully saturated rings. The summed E-state index contributed by atoms with van der Waals surface area (Å²) in [6.45, 7) is 4.02. The van der Waals surface area contributed by atoms with Crippen LogP contribution in [0.15, 0.2) is 5.11 Å². The normalized spacial score (nSPS) is 11.8. The predicted octanol–water partition coefficient (Wildman–Crippen LogP) is 3.22. The summed E-state index contributed by atoms with van der Waals surface area (Å²) in [4.78, 5) is 14.1. The van der Waals surface area contributed by atoms with Crippen molar-refractivity contribution in [2.24, 2.45) is 5.11 Å². The smallest absolute Gasteiger partial charge is 0.141 e. The van der Waals surface area contributed by atoms with E-state index >= 15 is 0 Å². The van der Waals surface area contributed by atoms with Gasteiger partial charge in [-0.15, -0.1) is 0 Å². The number of rotatable bonds is 7. The minimum atomic E-state index is -0.429. The van der Waals surface area contributed by atoms with Crippen molar-refractivity contribution in [1.29, 1.82) is 0 Å². The van der Waals surface area contributed by atoms with E-state index in [9.17, 15) is 4.79 Å². The molecule has 4 heteroatoms. The van der Waals surface area contributed by atoms with Crippen molar-refractivity contribution in [3.63, 3.8) is 0 Å². The lowest BCUT2D eigenvalue weighted by molar-refractivity contribution is -0.120. The third kappa shape index (κ3) is 5.26. The highest BCUT2D eigenvalue weighted by atomic mass is 16.1. The summed E-state index contributed by atoms with van der Waals surface area (Å²) in [7, 11) is 0. The summed E-state index contributed by atoms with van der Waals surface area (Å²) in [6, 6.07) is -0.429. The zero-order chi connectivity index (χ0) is 10.1. The zero-order valence-electron chi connectivity index (χ0n) is 8.36. The maximum absolute atomic E-state index is 11.4. The van der Waals surface area contributed by atoms with Crippen LogP contribution >= 0.6 is 0 Å². The minimum Gasteiger partial charge on any atom is -0.299 e. The van der Waals surface area contributed by atoms with E-state index in [1.54, 1.807) is 0 Å². The van der Waals surface area contributed by atoms with E-state index in [-0.39, 0.29) is 5.78 Å². The molecule has 0 rings (SSSR count). The number of carbonyl (C=O) groups is 1. The molecule has 0 unspecified atom stereocenters. The highest BCUT2D eigenvalue weighted by Crippen LogP contribution is 2.08. The summed E-state index contributed by atoms with van der Waals surface area (Å²) in [6.07, 6.45) is 3.98. The topological polar surface area (TPSA) is 65.8 Å². The molecule has 0 aromatic heterocycles. The second kappa shape index (κ2) is 7.62. The Morgan fingerprint density at radius 1 is 1.46 bits per heavy atom. The van der Waals surface area contributed by atoms with Crippen LogP contribution in [-0.2, 0) is 4.79 Å². The number of azide groups is 1. The molecule has 13 heavy (non-hydrogen) atoms. The number of Topliss-reactive ketones (excluding diaryl/α,β-unsaturated/α-hetero) is 1.